The van der Waals surface area contributed by atoms with E-state index in [1.54, 1.807) is 0 Å². The van der Waals surface area contributed by atoms with Gasteiger partial charge in [-0.3, -0.25) is 0 Å². The molecule has 3 N–H and O–H groups in total. The van der Waals surface area contributed by atoms with E-state index in [1.165, 1.54) is 12.8 Å². The number of carboxylic acids is 1. The molecule has 2 fully saturated rings. The fourth-order valence-corrected chi connectivity index (χ4v) is 3.36. The van der Waals surface area contributed by atoms with E-state index in [-0.39, 0.29) is 12.1 Å². The van der Waals surface area contributed by atoms with Crippen LogP contribution in [0.25, 0.3) is 0 Å². The fraction of sp³-hybridized carbons (Fsp3) is 0.875. The Kier molecular flexibility index (Phi) is 5.12. The highest BCUT2D eigenvalue weighted by molar-refractivity contribution is 5.86. The van der Waals surface area contributed by atoms with E-state index in [2.05, 4.69) is 17.6 Å². The monoisotopic (exact) mass is 296 g/mol. The van der Waals surface area contributed by atoms with Gasteiger partial charge in [-0.05, 0) is 50.9 Å². The number of carbonyl (C=O) groups excluding carboxylic acids is 1. The molecular weight excluding hydrogens is 268 g/mol. The van der Waals surface area contributed by atoms with Crippen LogP contribution in [0.15, 0.2) is 0 Å². The lowest BCUT2D eigenvalue weighted by Crippen LogP contribution is -2.59. The van der Waals surface area contributed by atoms with Crippen molar-refractivity contribution in [3.05, 3.63) is 0 Å². The summed E-state index contributed by atoms with van der Waals surface area (Å²) in [6.45, 7) is 4.12. The lowest BCUT2D eigenvalue weighted by atomic mass is 9.75. The number of hydrogen-bond acceptors (Lipinski definition) is 2. The molecule has 2 saturated carbocycles. The van der Waals surface area contributed by atoms with E-state index in [1.807, 2.05) is 6.92 Å². The molecular formula is C16H28N2O3. The number of carbonyl (C=O) groups is 2. The van der Waals surface area contributed by atoms with E-state index in [9.17, 15) is 14.7 Å². The summed E-state index contributed by atoms with van der Waals surface area (Å²) in [4.78, 5) is 23.7. The molecule has 0 aromatic heterocycles. The van der Waals surface area contributed by atoms with Gasteiger partial charge in [-0.15, -0.1) is 0 Å². The SMILES string of the molecule is CCC1CCC(NC(=O)NC(C)CC2CC2)(C(=O)O)CC1. The Bertz CT molecular complexity index is 385. The van der Waals surface area contributed by atoms with Gasteiger partial charge in [-0.1, -0.05) is 26.2 Å². The van der Waals surface area contributed by atoms with Crippen LogP contribution in [0, 0.1) is 11.8 Å². The quantitative estimate of drug-likeness (QED) is 0.705. The van der Waals surface area contributed by atoms with Crippen LogP contribution >= 0.6 is 0 Å². The molecule has 120 valence electrons. The number of hydrogen-bond donors (Lipinski definition) is 3. The van der Waals surface area contributed by atoms with Crippen LogP contribution in [-0.4, -0.2) is 28.7 Å². The van der Waals surface area contributed by atoms with E-state index in [0.717, 1.165) is 31.6 Å². The second kappa shape index (κ2) is 6.67. The molecule has 1 unspecified atom stereocenters. The van der Waals surface area contributed by atoms with E-state index in [4.69, 9.17) is 0 Å². The maximum atomic E-state index is 12.1. The van der Waals surface area contributed by atoms with Gasteiger partial charge in [0.15, 0.2) is 0 Å². The lowest BCUT2D eigenvalue weighted by Gasteiger charge is -2.37. The third-order valence-electron chi connectivity index (χ3n) is 5.06. The molecule has 0 bridgehead atoms. The highest BCUT2D eigenvalue weighted by atomic mass is 16.4. The lowest BCUT2D eigenvalue weighted by molar-refractivity contribution is -0.146. The van der Waals surface area contributed by atoms with Crippen molar-refractivity contribution in [3.8, 4) is 0 Å². The van der Waals surface area contributed by atoms with Crippen molar-refractivity contribution in [3.63, 3.8) is 0 Å². The van der Waals surface area contributed by atoms with Gasteiger partial charge in [0, 0.05) is 6.04 Å². The summed E-state index contributed by atoms with van der Waals surface area (Å²) in [5.41, 5.74) is -1.07. The molecule has 2 aliphatic rings. The summed E-state index contributed by atoms with van der Waals surface area (Å²) in [5, 5.41) is 15.2. The molecule has 0 aromatic rings. The van der Waals surface area contributed by atoms with Gasteiger partial charge in [-0.25, -0.2) is 9.59 Å². The van der Waals surface area contributed by atoms with E-state index in [0.29, 0.717) is 18.8 Å². The predicted molar refractivity (Wildman–Crippen MR) is 81.1 cm³/mol. The van der Waals surface area contributed by atoms with E-state index >= 15 is 0 Å². The minimum Gasteiger partial charge on any atom is -0.480 e. The summed E-state index contributed by atoms with van der Waals surface area (Å²) >= 11 is 0. The van der Waals surface area contributed by atoms with Gasteiger partial charge in [-0.2, -0.15) is 0 Å². The molecule has 2 amide bonds. The molecule has 0 saturated heterocycles. The minimum atomic E-state index is -1.07. The van der Waals surface area contributed by atoms with Gasteiger partial charge < -0.3 is 15.7 Å². The number of carboxylic acid groups (broad SMARTS) is 1. The largest absolute Gasteiger partial charge is 0.480 e. The predicted octanol–water partition coefficient (Wildman–Crippen LogP) is 2.90. The van der Waals surface area contributed by atoms with Crippen LogP contribution < -0.4 is 10.6 Å². The molecule has 0 heterocycles. The molecule has 2 rings (SSSR count). The summed E-state index contributed by atoms with van der Waals surface area (Å²) in [6.07, 6.45) is 7.40. The molecule has 0 spiro atoms. The van der Waals surface area contributed by atoms with Crippen LogP contribution in [0.3, 0.4) is 0 Å². The van der Waals surface area contributed by atoms with Crippen molar-refractivity contribution in [2.45, 2.75) is 76.8 Å². The maximum absolute atomic E-state index is 12.1. The van der Waals surface area contributed by atoms with Crippen LogP contribution in [-0.2, 0) is 4.79 Å². The zero-order valence-corrected chi connectivity index (χ0v) is 13.2. The summed E-state index contributed by atoms with van der Waals surface area (Å²) in [6, 6.07) is -0.226. The molecule has 5 nitrogen and oxygen atoms in total. The first-order valence-electron chi connectivity index (χ1n) is 8.27. The molecule has 0 aliphatic heterocycles. The molecule has 21 heavy (non-hydrogen) atoms. The standard InChI is InChI=1S/C16H28N2O3/c1-3-12-6-8-16(9-7-12,14(19)20)18-15(21)17-11(2)10-13-4-5-13/h11-13H,3-10H2,1-2H3,(H,19,20)(H2,17,18,21). The first-order valence-corrected chi connectivity index (χ1v) is 8.27. The Morgan fingerprint density at radius 2 is 1.81 bits per heavy atom. The number of aliphatic carboxylic acids is 1. The van der Waals surface area contributed by atoms with Gasteiger partial charge >= 0.3 is 12.0 Å². The molecule has 1 atom stereocenters. The second-order valence-electron chi connectivity index (χ2n) is 6.92. The molecule has 0 radical (unpaired) electrons. The minimum absolute atomic E-state index is 0.107. The van der Waals surface area contributed by atoms with Crippen molar-refractivity contribution in [1.29, 1.82) is 0 Å². The number of rotatable bonds is 6. The summed E-state index contributed by atoms with van der Waals surface area (Å²) in [7, 11) is 0. The zero-order chi connectivity index (χ0) is 15.5. The number of urea groups is 1. The summed E-state index contributed by atoms with van der Waals surface area (Å²) < 4.78 is 0. The van der Waals surface area contributed by atoms with Crippen molar-refractivity contribution < 1.29 is 14.7 Å². The van der Waals surface area contributed by atoms with Crippen LogP contribution in [0.4, 0.5) is 4.79 Å². The van der Waals surface area contributed by atoms with Crippen molar-refractivity contribution in [2.75, 3.05) is 0 Å². The summed E-state index contributed by atoms with van der Waals surface area (Å²) in [5.74, 6) is 0.437. The van der Waals surface area contributed by atoms with Crippen LogP contribution in [0.1, 0.15) is 65.2 Å². The molecule has 2 aliphatic carbocycles. The van der Waals surface area contributed by atoms with Gasteiger partial charge in [0.05, 0.1) is 0 Å². The highest BCUT2D eigenvalue weighted by Gasteiger charge is 2.43. The molecule has 5 heteroatoms. The first-order chi connectivity index (χ1) is 9.95. The Balaban J connectivity index is 1.86. The van der Waals surface area contributed by atoms with Crippen molar-refractivity contribution in [1.82, 2.24) is 10.6 Å². The molecule has 0 aromatic carbocycles. The normalized spacial score (nSPS) is 30.5. The number of nitrogens with one attached hydrogen (secondary N) is 2. The van der Waals surface area contributed by atoms with Gasteiger partial charge in [0.25, 0.3) is 0 Å². The van der Waals surface area contributed by atoms with Gasteiger partial charge in [0.1, 0.15) is 5.54 Å². The topological polar surface area (TPSA) is 78.4 Å². The van der Waals surface area contributed by atoms with Gasteiger partial charge in [0.2, 0.25) is 0 Å². The maximum Gasteiger partial charge on any atom is 0.329 e. The van der Waals surface area contributed by atoms with Crippen molar-refractivity contribution in [2.24, 2.45) is 11.8 Å². The Morgan fingerprint density at radius 3 is 2.29 bits per heavy atom. The first kappa shape index (κ1) is 16.1. The second-order valence-corrected chi connectivity index (χ2v) is 6.92. The third kappa shape index (κ3) is 4.35. The van der Waals surface area contributed by atoms with Crippen LogP contribution in [0.5, 0.6) is 0 Å². The Labute approximate surface area is 126 Å². The zero-order valence-electron chi connectivity index (χ0n) is 13.2. The Hall–Kier alpha value is -1.26. The van der Waals surface area contributed by atoms with Crippen molar-refractivity contribution >= 4 is 12.0 Å². The Morgan fingerprint density at radius 1 is 1.19 bits per heavy atom. The average molecular weight is 296 g/mol. The smallest absolute Gasteiger partial charge is 0.329 e. The third-order valence-corrected chi connectivity index (χ3v) is 5.06. The number of amides is 2. The highest BCUT2D eigenvalue weighted by Crippen LogP contribution is 2.35. The van der Waals surface area contributed by atoms with E-state index < -0.39 is 11.5 Å². The fourth-order valence-electron chi connectivity index (χ4n) is 3.36. The average Bonchev–Trinajstić information content (AvgIpc) is 3.22. The van der Waals surface area contributed by atoms with Crippen LogP contribution in [0.2, 0.25) is 0 Å².